The Hall–Kier alpha value is -2.37. The molecule has 0 saturated carbocycles. The lowest BCUT2D eigenvalue weighted by Gasteiger charge is -2.31. The van der Waals surface area contributed by atoms with Gasteiger partial charge in [-0.05, 0) is 24.5 Å². The van der Waals surface area contributed by atoms with Gasteiger partial charge >= 0.3 is 0 Å². The van der Waals surface area contributed by atoms with E-state index in [1.807, 2.05) is 6.07 Å². The number of primary amides is 1. The van der Waals surface area contributed by atoms with Crippen molar-refractivity contribution in [3.8, 4) is 0 Å². The number of carbonyl (C=O) groups excluding carboxylic acids is 2. The number of rotatable bonds is 4. The van der Waals surface area contributed by atoms with Gasteiger partial charge in [-0.15, -0.1) is 0 Å². The van der Waals surface area contributed by atoms with Crippen LogP contribution in [0.25, 0.3) is 0 Å². The van der Waals surface area contributed by atoms with Crippen molar-refractivity contribution in [3.63, 3.8) is 0 Å². The lowest BCUT2D eigenvalue weighted by atomic mass is 9.96. The monoisotopic (exact) mass is 274 g/mol. The fraction of sp³-hybridized carbons (Fsp3) is 0.357. The molecule has 2 amide bonds. The Morgan fingerprint density at radius 1 is 1.40 bits per heavy atom. The standard InChI is InChI=1S/C14H18N4O2/c15-12(16)10-4-1-3-9(7-10)8-18-6-2-5-11(13(17)19)14(18)20/h1,3-4,7,11H,2,5-6,8H2,(H3,15,16)(H2,17,19). The average Bonchev–Trinajstić information content (AvgIpc) is 2.41. The van der Waals surface area contributed by atoms with Crippen LogP contribution < -0.4 is 11.5 Å². The molecule has 6 heteroatoms. The predicted molar refractivity (Wildman–Crippen MR) is 74.8 cm³/mol. The predicted octanol–water partition coefficient (Wildman–Crippen LogP) is 0.195. The van der Waals surface area contributed by atoms with Crippen LogP contribution in [-0.2, 0) is 16.1 Å². The van der Waals surface area contributed by atoms with Gasteiger partial charge in [-0.3, -0.25) is 15.0 Å². The molecule has 0 bridgehead atoms. The fourth-order valence-electron chi connectivity index (χ4n) is 2.42. The van der Waals surface area contributed by atoms with E-state index in [4.69, 9.17) is 16.9 Å². The average molecular weight is 274 g/mol. The van der Waals surface area contributed by atoms with Crippen molar-refractivity contribution in [1.29, 1.82) is 5.41 Å². The molecule has 1 aliphatic rings. The largest absolute Gasteiger partial charge is 0.384 e. The molecular weight excluding hydrogens is 256 g/mol. The van der Waals surface area contributed by atoms with Crippen molar-refractivity contribution in [2.45, 2.75) is 19.4 Å². The number of hydrogen-bond donors (Lipinski definition) is 3. The summed E-state index contributed by atoms with van der Waals surface area (Å²) in [5, 5.41) is 7.42. The molecule has 1 unspecified atom stereocenters. The third kappa shape index (κ3) is 2.96. The molecule has 6 nitrogen and oxygen atoms in total. The van der Waals surface area contributed by atoms with E-state index in [0.717, 1.165) is 12.0 Å². The third-order valence-electron chi connectivity index (χ3n) is 3.49. The molecule has 0 radical (unpaired) electrons. The molecule has 0 spiro atoms. The minimum atomic E-state index is -0.709. The molecule has 0 aliphatic carbocycles. The Morgan fingerprint density at radius 2 is 2.15 bits per heavy atom. The van der Waals surface area contributed by atoms with E-state index in [2.05, 4.69) is 0 Å². The van der Waals surface area contributed by atoms with Crippen LogP contribution in [0.2, 0.25) is 0 Å². The van der Waals surface area contributed by atoms with Crippen LogP contribution in [0.15, 0.2) is 24.3 Å². The van der Waals surface area contributed by atoms with Crippen molar-refractivity contribution < 1.29 is 9.59 Å². The van der Waals surface area contributed by atoms with E-state index in [0.29, 0.717) is 25.1 Å². The number of amidine groups is 1. The molecule has 1 saturated heterocycles. The number of piperidine rings is 1. The number of nitrogen functional groups attached to an aromatic ring is 1. The fourth-order valence-corrected chi connectivity index (χ4v) is 2.42. The van der Waals surface area contributed by atoms with Crippen LogP contribution in [0, 0.1) is 11.3 Å². The van der Waals surface area contributed by atoms with Crippen molar-refractivity contribution >= 4 is 17.6 Å². The van der Waals surface area contributed by atoms with E-state index >= 15 is 0 Å². The van der Waals surface area contributed by atoms with Crippen LogP contribution in [-0.4, -0.2) is 29.1 Å². The van der Waals surface area contributed by atoms with Crippen LogP contribution in [0.5, 0.6) is 0 Å². The summed E-state index contributed by atoms with van der Waals surface area (Å²) in [6.07, 6.45) is 1.30. The summed E-state index contributed by atoms with van der Waals surface area (Å²) in [5.74, 6) is -1.49. The number of benzene rings is 1. The summed E-state index contributed by atoms with van der Waals surface area (Å²) in [7, 11) is 0. The number of nitrogens with zero attached hydrogens (tertiary/aromatic N) is 1. The highest BCUT2D eigenvalue weighted by Crippen LogP contribution is 2.20. The highest BCUT2D eigenvalue weighted by Gasteiger charge is 2.32. The molecular formula is C14H18N4O2. The first kappa shape index (κ1) is 14.0. The molecule has 1 heterocycles. The molecule has 0 aromatic heterocycles. The maximum Gasteiger partial charge on any atom is 0.235 e. The van der Waals surface area contributed by atoms with E-state index in [9.17, 15) is 9.59 Å². The number of hydrogen-bond acceptors (Lipinski definition) is 3. The summed E-state index contributed by atoms with van der Waals surface area (Å²) in [4.78, 5) is 25.0. The zero-order valence-corrected chi connectivity index (χ0v) is 11.1. The number of amides is 2. The second-order valence-corrected chi connectivity index (χ2v) is 4.97. The summed E-state index contributed by atoms with van der Waals surface area (Å²) in [5.41, 5.74) is 12.2. The van der Waals surface area contributed by atoms with Gasteiger partial charge in [0.05, 0.1) is 0 Å². The van der Waals surface area contributed by atoms with E-state index in [1.165, 1.54) is 0 Å². The maximum atomic E-state index is 12.1. The van der Waals surface area contributed by atoms with Crippen molar-refractivity contribution in [2.75, 3.05) is 6.54 Å². The van der Waals surface area contributed by atoms with Crippen LogP contribution in [0.3, 0.4) is 0 Å². The van der Waals surface area contributed by atoms with Crippen LogP contribution >= 0.6 is 0 Å². The van der Waals surface area contributed by atoms with Gasteiger partial charge in [0.2, 0.25) is 11.8 Å². The van der Waals surface area contributed by atoms with Gasteiger partial charge in [-0.2, -0.15) is 0 Å². The number of carbonyl (C=O) groups is 2. The van der Waals surface area contributed by atoms with E-state index in [1.54, 1.807) is 23.1 Å². The number of likely N-dealkylation sites (tertiary alicyclic amines) is 1. The topological polar surface area (TPSA) is 113 Å². The molecule has 2 rings (SSSR count). The lowest BCUT2D eigenvalue weighted by molar-refractivity contribution is -0.144. The van der Waals surface area contributed by atoms with Gasteiger partial charge < -0.3 is 16.4 Å². The second kappa shape index (κ2) is 5.73. The Bertz CT molecular complexity index is 556. The molecule has 1 aromatic rings. The van der Waals surface area contributed by atoms with Crippen molar-refractivity contribution in [3.05, 3.63) is 35.4 Å². The molecule has 1 atom stereocenters. The highest BCUT2D eigenvalue weighted by molar-refractivity contribution is 6.00. The van der Waals surface area contributed by atoms with Gasteiger partial charge in [0.25, 0.3) is 0 Å². The number of nitrogens with one attached hydrogen (secondary N) is 1. The Labute approximate surface area is 117 Å². The molecule has 1 aliphatic heterocycles. The molecule has 20 heavy (non-hydrogen) atoms. The summed E-state index contributed by atoms with van der Waals surface area (Å²) >= 11 is 0. The van der Waals surface area contributed by atoms with Gasteiger partial charge in [-0.1, -0.05) is 18.2 Å². The zero-order chi connectivity index (χ0) is 14.7. The quantitative estimate of drug-likeness (QED) is 0.414. The first-order valence-corrected chi connectivity index (χ1v) is 6.50. The van der Waals surface area contributed by atoms with Crippen molar-refractivity contribution in [1.82, 2.24) is 4.90 Å². The first-order valence-electron chi connectivity index (χ1n) is 6.50. The van der Waals surface area contributed by atoms with Crippen LogP contribution in [0.4, 0.5) is 0 Å². The van der Waals surface area contributed by atoms with Gasteiger partial charge in [-0.25, -0.2) is 0 Å². The van der Waals surface area contributed by atoms with Crippen LogP contribution in [0.1, 0.15) is 24.0 Å². The second-order valence-electron chi connectivity index (χ2n) is 4.97. The van der Waals surface area contributed by atoms with Gasteiger partial charge in [0, 0.05) is 18.7 Å². The van der Waals surface area contributed by atoms with Gasteiger partial charge in [0.1, 0.15) is 11.8 Å². The number of nitrogens with two attached hydrogens (primary N) is 2. The molecule has 106 valence electrons. The summed E-state index contributed by atoms with van der Waals surface area (Å²) < 4.78 is 0. The smallest absolute Gasteiger partial charge is 0.235 e. The summed E-state index contributed by atoms with van der Waals surface area (Å²) in [6.45, 7) is 1.02. The van der Waals surface area contributed by atoms with Crippen molar-refractivity contribution in [2.24, 2.45) is 17.4 Å². The Morgan fingerprint density at radius 3 is 2.80 bits per heavy atom. The molecule has 5 N–H and O–H groups in total. The minimum absolute atomic E-state index is 0.00756. The SMILES string of the molecule is N=C(N)c1cccc(CN2CCCC(C(N)=O)C2=O)c1. The zero-order valence-electron chi connectivity index (χ0n) is 11.1. The van der Waals surface area contributed by atoms with E-state index < -0.39 is 11.8 Å². The maximum absolute atomic E-state index is 12.1. The lowest BCUT2D eigenvalue weighted by Crippen LogP contribution is -2.45. The molecule has 1 fully saturated rings. The normalized spacial score (nSPS) is 18.9. The Kier molecular flexibility index (Phi) is 4.02. The molecule has 1 aromatic carbocycles. The minimum Gasteiger partial charge on any atom is -0.384 e. The first-order chi connectivity index (χ1) is 9.49. The summed E-state index contributed by atoms with van der Waals surface area (Å²) in [6, 6.07) is 7.19. The van der Waals surface area contributed by atoms with Gasteiger partial charge in [0.15, 0.2) is 0 Å². The third-order valence-corrected chi connectivity index (χ3v) is 3.49. The van der Waals surface area contributed by atoms with E-state index in [-0.39, 0.29) is 11.7 Å². The highest BCUT2D eigenvalue weighted by atomic mass is 16.2. The Balaban J connectivity index is 2.13.